The molecule has 2 amide bonds. The average molecular weight is 299 g/mol. The molecule has 22 heavy (non-hydrogen) atoms. The highest BCUT2D eigenvalue weighted by molar-refractivity contribution is 5.97. The highest BCUT2D eigenvalue weighted by atomic mass is 16.2. The van der Waals surface area contributed by atoms with Gasteiger partial charge < -0.3 is 10.6 Å². The number of hydrogen-bond acceptors (Lipinski definition) is 3. The van der Waals surface area contributed by atoms with Gasteiger partial charge in [0.05, 0.1) is 6.07 Å². The number of benzene rings is 1. The number of nitriles is 1. The van der Waals surface area contributed by atoms with Crippen molar-refractivity contribution in [3.05, 3.63) is 35.9 Å². The van der Waals surface area contributed by atoms with Crippen molar-refractivity contribution in [3.63, 3.8) is 0 Å². The molecule has 5 nitrogen and oxygen atoms in total. The quantitative estimate of drug-likeness (QED) is 0.843. The molecular formula is C17H21N3O2. The van der Waals surface area contributed by atoms with E-state index in [2.05, 4.69) is 16.7 Å². The lowest BCUT2D eigenvalue weighted by Crippen LogP contribution is -2.50. The molecule has 1 aromatic rings. The third-order valence-corrected chi connectivity index (χ3v) is 3.69. The van der Waals surface area contributed by atoms with Gasteiger partial charge in [-0.1, -0.05) is 32.0 Å². The molecule has 0 heterocycles. The van der Waals surface area contributed by atoms with Crippen molar-refractivity contribution in [1.82, 2.24) is 10.6 Å². The fourth-order valence-electron chi connectivity index (χ4n) is 2.25. The average Bonchev–Trinajstić information content (AvgIpc) is 3.27. The number of hydrogen-bond donors (Lipinski definition) is 2. The normalized spacial score (nSPS) is 16.5. The van der Waals surface area contributed by atoms with E-state index in [9.17, 15) is 9.59 Å². The molecule has 1 aliphatic carbocycles. The van der Waals surface area contributed by atoms with E-state index in [1.54, 1.807) is 24.3 Å². The largest absolute Gasteiger partial charge is 0.340 e. The van der Waals surface area contributed by atoms with Crippen LogP contribution in [0.25, 0.3) is 0 Å². The maximum atomic E-state index is 12.4. The minimum atomic E-state index is -0.718. The maximum Gasteiger partial charge on any atom is 0.251 e. The number of amides is 2. The third-order valence-electron chi connectivity index (χ3n) is 3.69. The Labute approximate surface area is 130 Å². The van der Waals surface area contributed by atoms with Crippen molar-refractivity contribution in [2.45, 2.75) is 44.7 Å². The summed E-state index contributed by atoms with van der Waals surface area (Å²) >= 11 is 0. The van der Waals surface area contributed by atoms with E-state index in [4.69, 9.17) is 5.26 Å². The van der Waals surface area contributed by atoms with E-state index in [1.807, 2.05) is 19.9 Å². The molecule has 1 atom stereocenters. The van der Waals surface area contributed by atoms with E-state index in [0.717, 1.165) is 0 Å². The lowest BCUT2D eigenvalue weighted by molar-refractivity contribution is -0.123. The Morgan fingerprint density at radius 1 is 1.27 bits per heavy atom. The van der Waals surface area contributed by atoms with Gasteiger partial charge in [0.25, 0.3) is 5.91 Å². The summed E-state index contributed by atoms with van der Waals surface area (Å²) in [5.41, 5.74) is -0.200. The van der Waals surface area contributed by atoms with Crippen molar-refractivity contribution in [3.8, 4) is 6.07 Å². The van der Waals surface area contributed by atoms with E-state index < -0.39 is 11.6 Å². The Bertz CT molecular complexity index is 586. The van der Waals surface area contributed by atoms with Crippen LogP contribution in [0.4, 0.5) is 0 Å². The Morgan fingerprint density at radius 2 is 1.91 bits per heavy atom. The van der Waals surface area contributed by atoms with E-state index >= 15 is 0 Å². The summed E-state index contributed by atoms with van der Waals surface area (Å²) in [7, 11) is 0. The summed E-state index contributed by atoms with van der Waals surface area (Å²) in [5.74, 6) is -0.302. The van der Waals surface area contributed by atoms with Gasteiger partial charge in [-0.05, 0) is 37.3 Å². The van der Waals surface area contributed by atoms with Crippen molar-refractivity contribution in [1.29, 1.82) is 5.26 Å². The Hall–Kier alpha value is -2.35. The van der Waals surface area contributed by atoms with Gasteiger partial charge in [0.15, 0.2) is 0 Å². The number of carbonyl (C=O) groups excluding carboxylic acids is 2. The lowest BCUT2D eigenvalue weighted by Gasteiger charge is -2.21. The van der Waals surface area contributed by atoms with Crippen LogP contribution in [0.15, 0.2) is 30.3 Å². The van der Waals surface area contributed by atoms with Crippen LogP contribution in [0.5, 0.6) is 0 Å². The predicted molar refractivity (Wildman–Crippen MR) is 82.9 cm³/mol. The van der Waals surface area contributed by atoms with Crippen LogP contribution in [0, 0.1) is 17.2 Å². The van der Waals surface area contributed by atoms with Crippen molar-refractivity contribution in [2.75, 3.05) is 0 Å². The highest BCUT2D eigenvalue weighted by Crippen LogP contribution is 2.34. The molecule has 0 bridgehead atoms. The van der Waals surface area contributed by atoms with Gasteiger partial charge in [-0.25, -0.2) is 0 Å². The highest BCUT2D eigenvalue weighted by Gasteiger charge is 2.45. The lowest BCUT2D eigenvalue weighted by atomic mass is 10.0. The van der Waals surface area contributed by atoms with Crippen LogP contribution in [-0.4, -0.2) is 23.4 Å². The molecule has 0 unspecified atom stereocenters. The summed E-state index contributed by atoms with van der Waals surface area (Å²) in [6, 6.07) is 10.3. The third kappa shape index (κ3) is 4.08. The molecule has 1 aromatic carbocycles. The first-order chi connectivity index (χ1) is 10.5. The smallest absolute Gasteiger partial charge is 0.251 e. The SMILES string of the molecule is CC(C)C[C@H](NC(=O)c1ccccc1)C(=O)NC1(C#N)CC1. The Kier molecular flexibility index (Phi) is 4.81. The van der Waals surface area contributed by atoms with Crippen LogP contribution < -0.4 is 10.6 Å². The minimum absolute atomic E-state index is 0.254. The van der Waals surface area contributed by atoms with Crippen molar-refractivity contribution < 1.29 is 9.59 Å². The van der Waals surface area contributed by atoms with Gasteiger partial charge in [-0.2, -0.15) is 5.26 Å². The molecule has 1 fully saturated rings. The second-order valence-electron chi connectivity index (χ2n) is 6.20. The maximum absolute atomic E-state index is 12.4. The van der Waals surface area contributed by atoms with E-state index in [-0.39, 0.29) is 17.7 Å². The summed E-state index contributed by atoms with van der Waals surface area (Å²) in [4.78, 5) is 24.6. The van der Waals surface area contributed by atoms with Crippen LogP contribution in [-0.2, 0) is 4.79 Å². The number of nitrogens with one attached hydrogen (secondary N) is 2. The Balaban J connectivity index is 2.04. The molecule has 0 aromatic heterocycles. The first kappa shape index (κ1) is 16.0. The fourth-order valence-corrected chi connectivity index (χ4v) is 2.25. The van der Waals surface area contributed by atoms with Gasteiger partial charge in [0.1, 0.15) is 11.6 Å². The molecule has 2 N–H and O–H groups in total. The molecular weight excluding hydrogens is 278 g/mol. The van der Waals surface area contributed by atoms with Gasteiger partial charge >= 0.3 is 0 Å². The van der Waals surface area contributed by atoms with E-state index in [1.165, 1.54) is 0 Å². The Morgan fingerprint density at radius 3 is 2.41 bits per heavy atom. The zero-order valence-electron chi connectivity index (χ0n) is 12.9. The molecule has 116 valence electrons. The monoisotopic (exact) mass is 299 g/mol. The second-order valence-corrected chi connectivity index (χ2v) is 6.20. The first-order valence-corrected chi connectivity index (χ1v) is 7.55. The summed E-state index contributed by atoms with van der Waals surface area (Å²) in [6.45, 7) is 3.98. The molecule has 0 spiro atoms. The predicted octanol–water partition coefficient (Wildman–Crippen LogP) is 2.00. The molecule has 0 saturated heterocycles. The van der Waals surface area contributed by atoms with Crippen molar-refractivity contribution >= 4 is 11.8 Å². The topological polar surface area (TPSA) is 82.0 Å². The standard InChI is InChI=1S/C17H21N3O2/c1-12(2)10-14(16(22)20-17(11-18)8-9-17)19-15(21)13-6-4-3-5-7-13/h3-7,12,14H,8-10H2,1-2H3,(H,19,21)(H,20,22)/t14-/m0/s1. The minimum Gasteiger partial charge on any atom is -0.340 e. The van der Waals surface area contributed by atoms with Crippen LogP contribution in [0.2, 0.25) is 0 Å². The van der Waals surface area contributed by atoms with Crippen LogP contribution in [0.3, 0.4) is 0 Å². The van der Waals surface area contributed by atoms with Gasteiger partial charge in [-0.3, -0.25) is 9.59 Å². The summed E-state index contributed by atoms with van der Waals surface area (Å²) < 4.78 is 0. The van der Waals surface area contributed by atoms with E-state index in [0.29, 0.717) is 24.8 Å². The molecule has 5 heteroatoms. The fraction of sp³-hybridized carbons (Fsp3) is 0.471. The molecule has 1 aliphatic rings. The molecule has 1 saturated carbocycles. The number of rotatable bonds is 6. The first-order valence-electron chi connectivity index (χ1n) is 7.55. The van der Waals surface area contributed by atoms with Gasteiger partial charge in [0, 0.05) is 5.56 Å². The number of carbonyl (C=O) groups is 2. The van der Waals surface area contributed by atoms with Gasteiger partial charge in [-0.15, -0.1) is 0 Å². The molecule has 2 rings (SSSR count). The number of nitrogens with zero attached hydrogens (tertiary/aromatic N) is 1. The van der Waals surface area contributed by atoms with Gasteiger partial charge in [0.2, 0.25) is 5.91 Å². The zero-order chi connectivity index (χ0) is 16.2. The van der Waals surface area contributed by atoms with Crippen molar-refractivity contribution in [2.24, 2.45) is 5.92 Å². The zero-order valence-corrected chi connectivity index (χ0v) is 12.9. The molecule has 0 radical (unpaired) electrons. The summed E-state index contributed by atoms with van der Waals surface area (Å²) in [6.07, 6.45) is 1.89. The second kappa shape index (κ2) is 6.61. The molecule has 0 aliphatic heterocycles. The van der Waals surface area contributed by atoms with Crippen LogP contribution >= 0.6 is 0 Å². The summed E-state index contributed by atoms with van der Waals surface area (Å²) in [5, 5.41) is 14.6. The van der Waals surface area contributed by atoms with Crippen LogP contribution in [0.1, 0.15) is 43.5 Å².